The molecule has 1 heterocycles. The van der Waals surface area contributed by atoms with Crippen molar-refractivity contribution in [2.45, 2.75) is 40.5 Å². The molecule has 0 fully saturated rings. The summed E-state index contributed by atoms with van der Waals surface area (Å²) in [6.07, 6.45) is 0. The van der Waals surface area contributed by atoms with Crippen molar-refractivity contribution in [1.82, 2.24) is 5.32 Å². The first-order valence-electron chi connectivity index (χ1n) is 9.30. The molecule has 2 rings (SSSR count). The number of carbonyl (C=O) groups excluding carboxylic acids is 2. The number of nitrogens with one attached hydrogen (secondary N) is 1. The lowest BCUT2D eigenvalue weighted by Gasteiger charge is -2.31. The average Bonchev–Trinajstić information content (AvgIpc) is 2.63. The van der Waals surface area contributed by atoms with Gasteiger partial charge in [0.1, 0.15) is 5.75 Å². The van der Waals surface area contributed by atoms with Gasteiger partial charge in [0.25, 0.3) is 0 Å². The molecule has 1 N–H and O–H groups in total. The maximum Gasteiger partial charge on any atom is 0.336 e. The van der Waals surface area contributed by atoms with Crippen LogP contribution in [-0.4, -0.2) is 31.8 Å². The first-order chi connectivity index (χ1) is 13.3. The summed E-state index contributed by atoms with van der Waals surface area (Å²) in [6.45, 7) is 9.73. The number of halogens is 1. The summed E-state index contributed by atoms with van der Waals surface area (Å²) < 4.78 is 16.3. The van der Waals surface area contributed by atoms with E-state index >= 15 is 0 Å². The average molecular weight is 408 g/mol. The van der Waals surface area contributed by atoms with Gasteiger partial charge in [-0.25, -0.2) is 9.59 Å². The number of benzene rings is 1. The van der Waals surface area contributed by atoms with Crippen molar-refractivity contribution in [3.63, 3.8) is 0 Å². The number of esters is 2. The Hall–Kier alpha value is -2.47. The van der Waals surface area contributed by atoms with Crippen molar-refractivity contribution in [3.8, 4) is 5.75 Å². The number of dihydropyridines is 1. The Bertz CT molecular complexity index is 788. The molecule has 0 spiro atoms. The van der Waals surface area contributed by atoms with E-state index < -0.39 is 17.9 Å². The van der Waals surface area contributed by atoms with E-state index in [-0.39, 0.29) is 13.2 Å². The van der Waals surface area contributed by atoms with Crippen LogP contribution in [0.3, 0.4) is 0 Å². The minimum Gasteiger partial charge on any atom is -0.494 e. The van der Waals surface area contributed by atoms with Crippen LogP contribution in [0, 0.1) is 0 Å². The fraction of sp³-hybridized carbons (Fsp3) is 0.429. The van der Waals surface area contributed by atoms with Crippen molar-refractivity contribution in [2.75, 3.05) is 19.8 Å². The molecule has 1 aliphatic rings. The number of hydrogen-bond acceptors (Lipinski definition) is 6. The standard InChI is InChI=1S/C21H26ClNO5/c1-6-26-16-10-9-14(22)11-15(16)19-17(20(24)27-7-2)12(4)23-13(5)18(19)21(25)28-8-3/h9-11,19,23H,6-8H2,1-5H3. The van der Waals surface area contributed by atoms with E-state index in [1.54, 1.807) is 45.9 Å². The van der Waals surface area contributed by atoms with Crippen LogP contribution in [-0.2, 0) is 19.1 Å². The Morgan fingerprint density at radius 1 is 0.964 bits per heavy atom. The molecule has 0 radical (unpaired) electrons. The van der Waals surface area contributed by atoms with Crippen LogP contribution in [0.25, 0.3) is 0 Å². The fourth-order valence-electron chi connectivity index (χ4n) is 3.30. The molecule has 1 aromatic carbocycles. The van der Waals surface area contributed by atoms with Crippen molar-refractivity contribution in [2.24, 2.45) is 0 Å². The molecule has 7 heteroatoms. The predicted octanol–water partition coefficient (Wildman–Crippen LogP) is 4.10. The van der Waals surface area contributed by atoms with Crippen LogP contribution in [0.2, 0.25) is 5.02 Å². The van der Waals surface area contributed by atoms with Gasteiger partial charge < -0.3 is 19.5 Å². The summed E-state index contributed by atoms with van der Waals surface area (Å²) in [4.78, 5) is 25.6. The van der Waals surface area contributed by atoms with E-state index in [0.29, 0.717) is 45.5 Å². The second-order valence-corrected chi connectivity index (χ2v) is 6.63. The second-order valence-electron chi connectivity index (χ2n) is 6.19. The van der Waals surface area contributed by atoms with Gasteiger partial charge in [-0.1, -0.05) is 11.6 Å². The molecule has 0 unspecified atom stereocenters. The minimum absolute atomic E-state index is 0.216. The molecule has 152 valence electrons. The summed E-state index contributed by atoms with van der Waals surface area (Å²) in [6, 6.07) is 5.15. The highest BCUT2D eigenvalue weighted by Crippen LogP contribution is 2.43. The molecular formula is C21H26ClNO5. The number of rotatable bonds is 7. The minimum atomic E-state index is -0.723. The lowest BCUT2D eigenvalue weighted by Crippen LogP contribution is -2.32. The third-order valence-electron chi connectivity index (χ3n) is 4.33. The Labute approximate surface area is 170 Å². The highest BCUT2D eigenvalue weighted by Gasteiger charge is 2.39. The molecule has 0 saturated carbocycles. The SMILES string of the molecule is CCOC(=O)C1=C(C)NC(C)=C(C(=O)OCC)C1c1cc(Cl)ccc1OCC. The van der Waals surface area contributed by atoms with E-state index in [0.717, 1.165) is 0 Å². The van der Waals surface area contributed by atoms with Gasteiger partial charge in [0.15, 0.2) is 0 Å². The Morgan fingerprint density at radius 2 is 1.50 bits per heavy atom. The van der Waals surface area contributed by atoms with E-state index in [9.17, 15) is 9.59 Å². The maximum atomic E-state index is 12.8. The number of ether oxygens (including phenoxy) is 3. The van der Waals surface area contributed by atoms with Crippen LogP contribution < -0.4 is 10.1 Å². The smallest absolute Gasteiger partial charge is 0.336 e. The van der Waals surface area contributed by atoms with E-state index in [1.807, 2.05) is 6.92 Å². The molecule has 0 aromatic heterocycles. The highest BCUT2D eigenvalue weighted by atomic mass is 35.5. The molecule has 0 aliphatic carbocycles. The number of carbonyl (C=O) groups is 2. The van der Waals surface area contributed by atoms with Gasteiger partial charge in [0.2, 0.25) is 0 Å². The zero-order valence-electron chi connectivity index (χ0n) is 16.8. The van der Waals surface area contributed by atoms with Gasteiger partial charge in [-0.15, -0.1) is 0 Å². The van der Waals surface area contributed by atoms with Crippen LogP contribution in [0.4, 0.5) is 0 Å². The molecule has 0 bridgehead atoms. The summed E-state index contributed by atoms with van der Waals surface area (Å²) in [5, 5.41) is 3.58. The van der Waals surface area contributed by atoms with Gasteiger partial charge in [0.05, 0.1) is 36.9 Å². The van der Waals surface area contributed by atoms with E-state index in [4.69, 9.17) is 25.8 Å². The molecule has 1 aromatic rings. The maximum absolute atomic E-state index is 12.8. The van der Waals surface area contributed by atoms with Crippen molar-refractivity contribution >= 4 is 23.5 Å². The molecule has 28 heavy (non-hydrogen) atoms. The lowest BCUT2D eigenvalue weighted by molar-refractivity contribution is -0.139. The topological polar surface area (TPSA) is 73.9 Å². The van der Waals surface area contributed by atoms with Crippen LogP contribution >= 0.6 is 11.6 Å². The van der Waals surface area contributed by atoms with Gasteiger partial charge in [-0.05, 0) is 52.8 Å². The highest BCUT2D eigenvalue weighted by molar-refractivity contribution is 6.30. The first-order valence-corrected chi connectivity index (χ1v) is 9.68. The number of allylic oxidation sites excluding steroid dienone is 2. The predicted molar refractivity (Wildman–Crippen MR) is 107 cm³/mol. The Kier molecular flexibility index (Phi) is 7.52. The molecule has 1 aliphatic heterocycles. The van der Waals surface area contributed by atoms with E-state index in [1.165, 1.54) is 0 Å². The Balaban J connectivity index is 2.75. The van der Waals surface area contributed by atoms with Crippen molar-refractivity contribution in [3.05, 3.63) is 51.3 Å². The second kappa shape index (κ2) is 9.64. The van der Waals surface area contributed by atoms with E-state index in [2.05, 4.69) is 5.32 Å². The third-order valence-corrected chi connectivity index (χ3v) is 4.57. The molecule has 6 nitrogen and oxygen atoms in total. The third kappa shape index (κ3) is 4.50. The summed E-state index contributed by atoms with van der Waals surface area (Å²) >= 11 is 6.25. The Morgan fingerprint density at radius 3 is 1.96 bits per heavy atom. The van der Waals surface area contributed by atoms with Crippen molar-refractivity contribution < 1.29 is 23.8 Å². The molecular weight excluding hydrogens is 382 g/mol. The zero-order valence-corrected chi connectivity index (χ0v) is 17.6. The number of hydrogen-bond donors (Lipinski definition) is 1. The molecule has 0 amide bonds. The normalized spacial score (nSPS) is 14.6. The van der Waals surface area contributed by atoms with Gasteiger partial charge in [-0.2, -0.15) is 0 Å². The fourth-order valence-corrected chi connectivity index (χ4v) is 3.48. The van der Waals surface area contributed by atoms with Crippen LogP contribution in [0.1, 0.15) is 46.1 Å². The van der Waals surface area contributed by atoms with Crippen LogP contribution in [0.15, 0.2) is 40.7 Å². The summed E-state index contributed by atoms with van der Waals surface area (Å²) in [7, 11) is 0. The quantitative estimate of drug-likeness (QED) is 0.686. The summed E-state index contributed by atoms with van der Waals surface area (Å²) in [5.41, 5.74) is 2.49. The molecule has 0 atom stereocenters. The van der Waals surface area contributed by atoms with Crippen LogP contribution in [0.5, 0.6) is 5.75 Å². The summed E-state index contributed by atoms with van der Waals surface area (Å²) in [5.74, 6) is -1.19. The monoisotopic (exact) mass is 407 g/mol. The lowest BCUT2D eigenvalue weighted by atomic mass is 9.80. The van der Waals surface area contributed by atoms with Gasteiger partial charge in [-0.3, -0.25) is 0 Å². The van der Waals surface area contributed by atoms with Gasteiger partial charge in [0, 0.05) is 22.0 Å². The molecule has 0 saturated heterocycles. The van der Waals surface area contributed by atoms with Crippen molar-refractivity contribution in [1.29, 1.82) is 0 Å². The van der Waals surface area contributed by atoms with Gasteiger partial charge >= 0.3 is 11.9 Å². The zero-order chi connectivity index (χ0) is 20.8. The largest absolute Gasteiger partial charge is 0.494 e. The first kappa shape index (κ1) is 21.8.